The fourth-order valence-corrected chi connectivity index (χ4v) is 4.50. The molecule has 34 heavy (non-hydrogen) atoms. The molecule has 1 unspecified atom stereocenters. The minimum Gasteiger partial charge on any atom is -0.406 e. The predicted octanol–water partition coefficient (Wildman–Crippen LogP) is 4.93. The third-order valence-electron chi connectivity index (χ3n) is 6.48. The number of hydrogen-bond acceptors (Lipinski definition) is 4. The van der Waals surface area contributed by atoms with Gasteiger partial charge in [0.1, 0.15) is 11.6 Å². The van der Waals surface area contributed by atoms with Gasteiger partial charge < -0.3 is 14.6 Å². The highest BCUT2D eigenvalue weighted by Gasteiger charge is 2.51. The number of ether oxygens (including phenoxy) is 1. The number of halogens is 3. The van der Waals surface area contributed by atoms with E-state index < -0.39 is 17.5 Å². The standard InChI is InChI=1S/C25H22F3N3O3/c26-25(27,28)34-18-8-5-17(6-9-18)21(32)15-24(11-12-24)23(33)30-19-10-7-16-3-1-2-4-20(16)31-14-13-29-22(19)31/h1-6,8-9,13-14,19H,7,10-12,15H2,(H,30,33). The Morgan fingerprint density at radius 1 is 1.12 bits per heavy atom. The minimum atomic E-state index is -4.80. The number of amides is 1. The van der Waals surface area contributed by atoms with Crippen LogP contribution >= 0.6 is 0 Å². The third kappa shape index (κ3) is 4.42. The van der Waals surface area contributed by atoms with Crippen molar-refractivity contribution in [2.24, 2.45) is 5.41 Å². The fourth-order valence-electron chi connectivity index (χ4n) is 4.50. The van der Waals surface area contributed by atoms with Crippen molar-refractivity contribution in [1.82, 2.24) is 14.9 Å². The van der Waals surface area contributed by atoms with E-state index in [0.717, 1.165) is 30.1 Å². The van der Waals surface area contributed by atoms with Crippen LogP contribution in [0.25, 0.3) is 5.69 Å². The van der Waals surface area contributed by atoms with Gasteiger partial charge in [-0.2, -0.15) is 0 Å². The highest BCUT2D eigenvalue weighted by Crippen LogP contribution is 2.50. The molecule has 9 heteroatoms. The number of carbonyl (C=O) groups excluding carboxylic acids is 2. The number of para-hydroxylation sites is 1. The Hall–Kier alpha value is -3.62. The summed E-state index contributed by atoms with van der Waals surface area (Å²) in [6.07, 6.45) is 1.42. The van der Waals surface area contributed by atoms with Crippen molar-refractivity contribution in [3.05, 3.63) is 77.9 Å². The van der Waals surface area contributed by atoms with Crippen LogP contribution in [0.3, 0.4) is 0 Å². The van der Waals surface area contributed by atoms with E-state index in [1.807, 2.05) is 29.0 Å². The van der Waals surface area contributed by atoms with Crippen molar-refractivity contribution in [2.75, 3.05) is 0 Å². The van der Waals surface area contributed by atoms with E-state index in [4.69, 9.17) is 0 Å². The molecule has 176 valence electrons. The molecular formula is C25H22F3N3O3. The van der Waals surface area contributed by atoms with Gasteiger partial charge in [-0.15, -0.1) is 13.2 Å². The van der Waals surface area contributed by atoms with Crippen LogP contribution in [0.2, 0.25) is 0 Å². The Kier molecular flexibility index (Phi) is 5.42. The maximum atomic E-state index is 13.2. The number of rotatable bonds is 6. The van der Waals surface area contributed by atoms with Crippen molar-refractivity contribution < 1.29 is 27.5 Å². The lowest BCUT2D eigenvalue weighted by atomic mass is 9.94. The molecule has 0 saturated heterocycles. The molecule has 5 rings (SSSR count). The van der Waals surface area contributed by atoms with Crippen molar-refractivity contribution in [2.45, 2.75) is 44.5 Å². The average Bonchev–Trinajstić information content (AvgIpc) is 3.45. The molecule has 2 heterocycles. The second kappa shape index (κ2) is 8.30. The van der Waals surface area contributed by atoms with Gasteiger partial charge in [0.25, 0.3) is 0 Å². The van der Waals surface area contributed by atoms with E-state index in [1.165, 1.54) is 17.7 Å². The van der Waals surface area contributed by atoms with Crippen molar-refractivity contribution >= 4 is 11.7 Å². The molecule has 2 aliphatic rings. The SMILES string of the molecule is O=C(CC1(C(=O)NC2CCc3ccccc3-n3ccnc32)CC1)c1ccc(OC(F)(F)F)cc1. The van der Waals surface area contributed by atoms with Crippen LogP contribution in [-0.2, 0) is 11.2 Å². The van der Waals surface area contributed by atoms with Gasteiger partial charge in [-0.1, -0.05) is 18.2 Å². The van der Waals surface area contributed by atoms with Gasteiger partial charge in [-0.05, 0) is 61.6 Å². The molecule has 1 aliphatic carbocycles. The van der Waals surface area contributed by atoms with Crippen LogP contribution < -0.4 is 10.1 Å². The normalized spacial score (nSPS) is 18.3. The van der Waals surface area contributed by atoms with Gasteiger partial charge in [-0.3, -0.25) is 9.59 Å². The summed E-state index contributed by atoms with van der Waals surface area (Å²) in [5.74, 6) is -0.127. The van der Waals surface area contributed by atoms with Crippen molar-refractivity contribution in [1.29, 1.82) is 0 Å². The molecule has 1 fully saturated rings. The molecule has 1 amide bonds. The van der Waals surface area contributed by atoms with E-state index in [-0.39, 0.29) is 29.7 Å². The Bertz CT molecular complexity index is 1230. The van der Waals surface area contributed by atoms with Gasteiger partial charge in [0.05, 0.1) is 11.5 Å². The zero-order valence-corrected chi connectivity index (χ0v) is 18.1. The van der Waals surface area contributed by atoms with E-state index in [9.17, 15) is 22.8 Å². The van der Waals surface area contributed by atoms with Gasteiger partial charge in [-0.25, -0.2) is 4.98 Å². The van der Waals surface area contributed by atoms with E-state index in [0.29, 0.717) is 19.3 Å². The highest BCUT2D eigenvalue weighted by molar-refractivity contribution is 6.00. The Morgan fingerprint density at radius 2 is 1.85 bits per heavy atom. The lowest BCUT2D eigenvalue weighted by molar-refractivity contribution is -0.274. The van der Waals surface area contributed by atoms with Crippen molar-refractivity contribution in [3.63, 3.8) is 0 Å². The average molecular weight is 469 g/mol. The zero-order chi connectivity index (χ0) is 23.9. The van der Waals surface area contributed by atoms with Crippen molar-refractivity contribution in [3.8, 4) is 11.4 Å². The number of nitrogens with one attached hydrogen (secondary N) is 1. The van der Waals surface area contributed by atoms with Gasteiger partial charge in [0.2, 0.25) is 5.91 Å². The number of benzene rings is 2. The molecule has 1 aliphatic heterocycles. The maximum absolute atomic E-state index is 13.2. The minimum absolute atomic E-state index is 0.000304. The lowest BCUT2D eigenvalue weighted by Crippen LogP contribution is -2.37. The number of ketones is 1. The number of hydrogen-bond donors (Lipinski definition) is 1. The van der Waals surface area contributed by atoms with E-state index in [1.54, 1.807) is 6.20 Å². The smallest absolute Gasteiger partial charge is 0.406 e. The van der Waals surface area contributed by atoms with Crippen LogP contribution in [0.1, 0.15) is 53.5 Å². The first-order valence-corrected chi connectivity index (χ1v) is 11.1. The van der Waals surface area contributed by atoms with Crippen LogP contribution in [0.15, 0.2) is 60.9 Å². The molecule has 0 spiro atoms. The van der Waals surface area contributed by atoms with Crippen LogP contribution in [0.4, 0.5) is 13.2 Å². The summed E-state index contributed by atoms with van der Waals surface area (Å²) in [5.41, 5.74) is 1.66. The number of alkyl halides is 3. The molecule has 1 N–H and O–H groups in total. The summed E-state index contributed by atoms with van der Waals surface area (Å²) in [5, 5.41) is 3.11. The Balaban J connectivity index is 1.27. The van der Waals surface area contributed by atoms with Crippen LogP contribution in [0.5, 0.6) is 5.75 Å². The summed E-state index contributed by atoms with van der Waals surface area (Å²) in [7, 11) is 0. The Labute approximate surface area is 193 Å². The molecule has 0 bridgehead atoms. The summed E-state index contributed by atoms with van der Waals surface area (Å²) < 4.78 is 42.9. The monoisotopic (exact) mass is 469 g/mol. The number of imidazole rings is 1. The third-order valence-corrected chi connectivity index (χ3v) is 6.48. The fraction of sp³-hybridized carbons (Fsp3) is 0.320. The molecule has 1 aromatic heterocycles. The zero-order valence-electron chi connectivity index (χ0n) is 18.1. The second-order valence-corrected chi connectivity index (χ2v) is 8.80. The second-order valence-electron chi connectivity index (χ2n) is 8.80. The highest BCUT2D eigenvalue weighted by atomic mass is 19.4. The largest absolute Gasteiger partial charge is 0.573 e. The Morgan fingerprint density at radius 3 is 2.56 bits per heavy atom. The number of aromatic nitrogens is 2. The number of nitrogens with zero attached hydrogens (tertiary/aromatic N) is 2. The van der Waals surface area contributed by atoms with Crippen LogP contribution in [0, 0.1) is 5.41 Å². The molecule has 3 aromatic rings. The number of fused-ring (bicyclic) bond motifs is 3. The van der Waals surface area contributed by atoms with Gasteiger partial charge in [0, 0.05) is 30.1 Å². The summed E-state index contributed by atoms with van der Waals surface area (Å²) in [6.45, 7) is 0. The number of Topliss-reactive ketones (excluding diaryl/α,β-unsaturated/α-hetero) is 1. The van der Waals surface area contributed by atoms with Crippen LogP contribution in [-0.4, -0.2) is 27.6 Å². The summed E-state index contributed by atoms with van der Waals surface area (Å²) >= 11 is 0. The quantitative estimate of drug-likeness (QED) is 0.520. The molecule has 1 saturated carbocycles. The maximum Gasteiger partial charge on any atom is 0.573 e. The molecule has 1 atom stereocenters. The molecular weight excluding hydrogens is 447 g/mol. The topological polar surface area (TPSA) is 73.2 Å². The number of carbonyl (C=O) groups is 2. The van der Waals surface area contributed by atoms with Gasteiger partial charge in [0.15, 0.2) is 5.78 Å². The first-order valence-electron chi connectivity index (χ1n) is 11.1. The first-order chi connectivity index (χ1) is 16.2. The molecule has 6 nitrogen and oxygen atoms in total. The summed E-state index contributed by atoms with van der Waals surface area (Å²) in [4.78, 5) is 30.5. The number of aryl methyl sites for hydroxylation is 1. The molecule has 2 aromatic carbocycles. The summed E-state index contributed by atoms with van der Waals surface area (Å²) in [6, 6.07) is 12.5. The first kappa shape index (κ1) is 22.2. The lowest BCUT2D eigenvalue weighted by Gasteiger charge is -2.21. The van der Waals surface area contributed by atoms with Gasteiger partial charge >= 0.3 is 6.36 Å². The van der Waals surface area contributed by atoms with E-state index in [2.05, 4.69) is 21.1 Å². The molecule has 0 radical (unpaired) electrons. The predicted molar refractivity (Wildman–Crippen MR) is 117 cm³/mol. The van der Waals surface area contributed by atoms with E-state index >= 15 is 0 Å².